The van der Waals surface area contributed by atoms with Crippen molar-refractivity contribution < 1.29 is 28.5 Å². The number of carbonyl (C=O) groups is 1. The standard InChI is InChI=1S/C22H20ClFN6O3.C11H17NO.C2H6.CH2O2/c23-15-6-16-13(8-26-29-16)17-12(15)2-1-4-33-11-9-30(3-5-32-10-11)21-14-7-25-20(17)18(24)19(14)27-22(31)28-21;1-3-7-13-10-8-11(2)5-4-6-12(11)9-10;1-2;2-1-3/h6-8,11H,1-5,9-10H2,(H,26,29)(H,27,28,31);1,10H,4-9H2,2H3;1-2H3;1H,(H,2,3)/t;10?,11-;;/m.1../s1. The first-order valence-corrected chi connectivity index (χ1v) is 17.7. The SMILES string of the molecule is C#CCOC1CN2CCC[C@]2(C)C1.CC.O=CO.O=c1nc2c3cnc(c(F)c3[nH]1)-c1c(c(Cl)cc3[nH]ncc13)CCCOC1COCCN2C1. The smallest absolute Gasteiger partial charge is 0.347 e. The summed E-state index contributed by atoms with van der Waals surface area (Å²) in [5.74, 6) is 2.27. The fraction of sp³-hybridized carbons (Fsp3) is 0.528. The van der Waals surface area contributed by atoms with Gasteiger partial charge in [0.15, 0.2) is 5.82 Å². The van der Waals surface area contributed by atoms with Crippen LogP contribution in [0.15, 0.2) is 23.3 Å². The Labute approximate surface area is 300 Å². The molecule has 51 heavy (non-hydrogen) atoms. The fourth-order valence-electron chi connectivity index (χ4n) is 7.37. The Hall–Kier alpha value is -4.13. The average molecular weight is 726 g/mol. The molecule has 0 radical (unpaired) electrons. The van der Waals surface area contributed by atoms with Gasteiger partial charge in [-0.3, -0.25) is 19.8 Å². The quantitative estimate of drug-likeness (QED) is 0.192. The number of terminal acetylenes is 1. The zero-order chi connectivity index (χ0) is 36.5. The summed E-state index contributed by atoms with van der Waals surface area (Å²) in [6, 6.07) is 1.78. The Morgan fingerprint density at radius 2 is 2.04 bits per heavy atom. The number of hydrogen-bond acceptors (Lipinski definition) is 10. The zero-order valence-corrected chi connectivity index (χ0v) is 30.0. The molecule has 13 nitrogen and oxygen atoms in total. The molecule has 1 aromatic carbocycles. The number of fused-ring (bicyclic) bond motifs is 6. The second-order valence-electron chi connectivity index (χ2n) is 12.7. The number of nitrogens with one attached hydrogen (secondary N) is 2. The van der Waals surface area contributed by atoms with Gasteiger partial charge in [0.05, 0.1) is 48.0 Å². The van der Waals surface area contributed by atoms with Crippen LogP contribution in [0.5, 0.6) is 0 Å². The van der Waals surface area contributed by atoms with Gasteiger partial charge in [0, 0.05) is 53.9 Å². The number of benzene rings is 1. The molecule has 5 aliphatic rings. The van der Waals surface area contributed by atoms with E-state index < -0.39 is 11.5 Å². The third kappa shape index (κ3) is 8.34. The van der Waals surface area contributed by atoms with Crippen molar-refractivity contribution in [2.45, 2.75) is 70.6 Å². The van der Waals surface area contributed by atoms with Crippen molar-refractivity contribution in [1.82, 2.24) is 30.0 Å². The molecule has 9 rings (SSSR count). The summed E-state index contributed by atoms with van der Waals surface area (Å²) in [6.45, 7) is 11.2. The number of rotatable bonds is 2. The molecular formula is C36H45ClFN7O6. The van der Waals surface area contributed by atoms with Gasteiger partial charge in [0.2, 0.25) is 0 Å². The van der Waals surface area contributed by atoms with Gasteiger partial charge in [0.1, 0.15) is 18.1 Å². The molecular weight excluding hydrogens is 681 g/mol. The van der Waals surface area contributed by atoms with Crippen molar-refractivity contribution >= 4 is 45.7 Å². The van der Waals surface area contributed by atoms with Crippen molar-refractivity contribution in [2.75, 3.05) is 57.5 Å². The normalized spacial score (nSPS) is 22.6. The van der Waals surface area contributed by atoms with Gasteiger partial charge in [-0.2, -0.15) is 10.1 Å². The first-order valence-electron chi connectivity index (χ1n) is 17.3. The van der Waals surface area contributed by atoms with E-state index in [-0.39, 0.29) is 23.8 Å². The van der Waals surface area contributed by atoms with Crippen molar-refractivity contribution in [3.63, 3.8) is 0 Å². The summed E-state index contributed by atoms with van der Waals surface area (Å²) in [5.41, 5.74) is 1.93. The maximum atomic E-state index is 16.0. The van der Waals surface area contributed by atoms with E-state index in [0.29, 0.717) is 96.7 Å². The van der Waals surface area contributed by atoms with Crippen molar-refractivity contribution in [3.05, 3.63) is 45.3 Å². The van der Waals surface area contributed by atoms with Gasteiger partial charge < -0.3 is 29.2 Å². The minimum atomic E-state index is -0.636. The van der Waals surface area contributed by atoms with E-state index in [2.05, 4.69) is 42.9 Å². The summed E-state index contributed by atoms with van der Waals surface area (Å²) in [5, 5.41) is 15.5. The van der Waals surface area contributed by atoms with Crippen molar-refractivity contribution in [3.8, 4) is 23.6 Å². The number of ether oxygens (including phenoxy) is 3. The Balaban J connectivity index is 0.000000233. The lowest BCUT2D eigenvalue weighted by atomic mass is 9.95. The minimum absolute atomic E-state index is 0.0530. The van der Waals surface area contributed by atoms with E-state index in [0.717, 1.165) is 18.5 Å². The molecule has 3 aromatic heterocycles. The van der Waals surface area contributed by atoms with Crippen LogP contribution in [0.2, 0.25) is 5.02 Å². The molecule has 274 valence electrons. The summed E-state index contributed by atoms with van der Waals surface area (Å²) >= 11 is 6.63. The molecule has 0 amide bonds. The third-order valence-electron chi connectivity index (χ3n) is 9.59. The van der Waals surface area contributed by atoms with Crippen LogP contribution in [0.4, 0.5) is 10.2 Å². The maximum Gasteiger partial charge on any atom is 0.347 e. The van der Waals surface area contributed by atoms with Gasteiger partial charge in [0.25, 0.3) is 6.47 Å². The number of hydrogen-bond donors (Lipinski definition) is 3. The maximum absolute atomic E-state index is 16.0. The highest BCUT2D eigenvalue weighted by Gasteiger charge is 2.45. The highest BCUT2D eigenvalue weighted by Crippen LogP contribution is 2.40. The lowest BCUT2D eigenvalue weighted by Gasteiger charge is -2.26. The third-order valence-corrected chi connectivity index (χ3v) is 9.93. The molecule has 8 heterocycles. The van der Waals surface area contributed by atoms with Crippen molar-refractivity contribution in [1.29, 1.82) is 0 Å². The fourth-order valence-corrected chi connectivity index (χ4v) is 7.67. The van der Waals surface area contributed by atoms with Gasteiger partial charge in [-0.15, -0.1) is 6.42 Å². The van der Waals surface area contributed by atoms with Crippen LogP contribution in [0, 0.1) is 18.2 Å². The number of aromatic nitrogens is 5. The molecule has 3 N–H and O–H groups in total. The van der Waals surface area contributed by atoms with Gasteiger partial charge in [-0.25, -0.2) is 9.18 Å². The molecule has 2 unspecified atom stereocenters. The molecule has 3 atom stereocenters. The minimum Gasteiger partial charge on any atom is -0.483 e. The summed E-state index contributed by atoms with van der Waals surface area (Å²) < 4.78 is 33.4. The number of pyridine rings is 1. The van der Waals surface area contributed by atoms with E-state index >= 15 is 4.39 Å². The Bertz CT molecular complexity index is 1910. The van der Waals surface area contributed by atoms with Gasteiger partial charge >= 0.3 is 5.69 Å². The molecule has 0 saturated carbocycles. The van der Waals surface area contributed by atoms with E-state index in [9.17, 15) is 4.79 Å². The average Bonchev–Trinajstić information content (AvgIpc) is 3.75. The number of carboxylic acid groups (broad SMARTS) is 1. The van der Waals surface area contributed by atoms with Crippen LogP contribution in [0.25, 0.3) is 33.1 Å². The number of halogens is 2. The highest BCUT2D eigenvalue weighted by atomic mass is 35.5. The molecule has 3 fully saturated rings. The van der Waals surface area contributed by atoms with Crippen LogP contribution >= 0.6 is 11.6 Å². The predicted octanol–water partition coefficient (Wildman–Crippen LogP) is 4.81. The first kappa shape index (κ1) is 38.1. The molecule has 4 aromatic rings. The van der Waals surface area contributed by atoms with Crippen LogP contribution in [-0.2, 0) is 25.4 Å². The summed E-state index contributed by atoms with van der Waals surface area (Å²) in [6.07, 6.45) is 13.6. The monoisotopic (exact) mass is 725 g/mol. The molecule has 15 heteroatoms. The lowest BCUT2D eigenvalue weighted by molar-refractivity contribution is -0.122. The molecule has 3 saturated heterocycles. The lowest BCUT2D eigenvalue weighted by Crippen LogP contribution is -2.36. The van der Waals surface area contributed by atoms with Crippen LogP contribution in [0.1, 0.15) is 52.0 Å². The Morgan fingerprint density at radius 1 is 1.24 bits per heavy atom. The van der Waals surface area contributed by atoms with Gasteiger partial charge in [-0.1, -0.05) is 31.4 Å². The summed E-state index contributed by atoms with van der Waals surface area (Å²) in [4.78, 5) is 36.5. The van der Waals surface area contributed by atoms with Crippen LogP contribution in [-0.4, -0.2) is 112 Å². The Kier molecular flexibility index (Phi) is 13.0. The van der Waals surface area contributed by atoms with E-state index in [1.165, 1.54) is 19.4 Å². The highest BCUT2D eigenvalue weighted by molar-refractivity contribution is 6.33. The Morgan fingerprint density at radius 3 is 2.80 bits per heavy atom. The van der Waals surface area contributed by atoms with E-state index in [4.69, 9.17) is 42.1 Å². The topological polar surface area (TPSA) is 159 Å². The molecule has 5 aliphatic heterocycles. The van der Waals surface area contributed by atoms with Crippen LogP contribution < -0.4 is 10.6 Å². The zero-order valence-electron chi connectivity index (χ0n) is 29.2. The molecule has 6 bridgehead atoms. The van der Waals surface area contributed by atoms with E-state index in [1.54, 1.807) is 18.5 Å². The largest absolute Gasteiger partial charge is 0.483 e. The number of aromatic amines is 2. The first-order chi connectivity index (χ1) is 24.8. The van der Waals surface area contributed by atoms with Crippen LogP contribution in [0.3, 0.4) is 0 Å². The van der Waals surface area contributed by atoms with Crippen molar-refractivity contribution in [2.24, 2.45) is 0 Å². The molecule has 0 aliphatic carbocycles. The predicted molar refractivity (Wildman–Crippen MR) is 194 cm³/mol. The summed E-state index contributed by atoms with van der Waals surface area (Å²) in [7, 11) is 0. The van der Waals surface area contributed by atoms with Gasteiger partial charge in [-0.05, 0) is 57.2 Å². The second kappa shape index (κ2) is 17.4. The number of H-pyrrole nitrogens is 2. The number of nitrogens with zero attached hydrogens (tertiary/aromatic N) is 5. The number of anilines is 1. The van der Waals surface area contributed by atoms with E-state index in [1.807, 2.05) is 18.7 Å². The molecule has 0 spiro atoms. The second-order valence-corrected chi connectivity index (χ2v) is 13.1.